The maximum Gasteiger partial charge on any atom is 0.227 e. The summed E-state index contributed by atoms with van der Waals surface area (Å²) in [6.07, 6.45) is 0.669. The molecule has 4 nitrogen and oxygen atoms in total. The van der Waals surface area contributed by atoms with Crippen LogP contribution >= 0.6 is 11.6 Å². The fourth-order valence-corrected chi connectivity index (χ4v) is 2.39. The van der Waals surface area contributed by atoms with Gasteiger partial charge in [-0.25, -0.2) is 4.39 Å². The van der Waals surface area contributed by atoms with Gasteiger partial charge in [0.15, 0.2) is 0 Å². The topological polar surface area (TPSA) is 49.4 Å². The van der Waals surface area contributed by atoms with E-state index in [0.717, 1.165) is 0 Å². The zero-order valence-corrected chi connectivity index (χ0v) is 11.7. The van der Waals surface area contributed by atoms with Crippen molar-refractivity contribution in [3.05, 3.63) is 30.1 Å². The molecule has 0 aliphatic carbocycles. The third kappa shape index (κ3) is 3.70. The van der Waals surface area contributed by atoms with E-state index in [1.54, 1.807) is 17.0 Å². The monoisotopic (exact) mass is 298 g/mol. The second kappa shape index (κ2) is 6.70. The van der Waals surface area contributed by atoms with Crippen molar-refractivity contribution in [1.82, 2.24) is 5.32 Å². The van der Waals surface area contributed by atoms with Crippen LogP contribution in [0, 0.1) is 11.7 Å². The first-order valence-electron chi connectivity index (χ1n) is 6.48. The van der Waals surface area contributed by atoms with Crippen LogP contribution in [0.3, 0.4) is 0 Å². The lowest BCUT2D eigenvalue weighted by Gasteiger charge is -2.17. The number of alkyl halides is 1. The molecule has 1 aliphatic rings. The Balaban J connectivity index is 1.90. The third-order valence-corrected chi connectivity index (χ3v) is 3.44. The van der Waals surface area contributed by atoms with Crippen molar-refractivity contribution in [1.29, 1.82) is 0 Å². The molecular formula is C14H16ClFN2O2. The van der Waals surface area contributed by atoms with E-state index < -0.39 is 0 Å². The predicted octanol–water partition coefficient (Wildman–Crippen LogP) is 1.92. The second-order valence-electron chi connectivity index (χ2n) is 4.79. The minimum Gasteiger partial charge on any atom is -0.356 e. The Kier molecular flexibility index (Phi) is 4.95. The Morgan fingerprint density at radius 1 is 1.40 bits per heavy atom. The Morgan fingerprint density at radius 3 is 2.75 bits per heavy atom. The normalized spacial score (nSPS) is 18.4. The quantitative estimate of drug-likeness (QED) is 0.845. The fourth-order valence-electron chi connectivity index (χ4n) is 2.22. The lowest BCUT2D eigenvalue weighted by molar-refractivity contribution is -0.121. The minimum absolute atomic E-state index is 0.00630. The van der Waals surface area contributed by atoms with Crippen LogP contribution in [0.1, 0.15) is 12.8 Å². The number of nitrogens with zero attached hydrogens (tertiary/aromatic N) is 1. The van der Waals surface area contributed by atoms with Crippen molar-refractivity contribution < 1.29 is 14.0 Å². The number of amides is 2. The Morgan fingerprint density at radius 2 is 2.10 bits per heavy atom. The Hall–Kier alpha value is -1.62. The first-order valence-corrected chi connectivity index (χ1v) is 7.02. The highest BCUT2D eigenvalue weighted by Crippen LogP contribution is 2.24. The van der Waals surface area contributed by atoms with Crippen LogP contribution in [0.5, 0.6) is 0 Å². The highest BCUT2D eigenvalue weighted by Gasteiger charge is 2.30. The highest BCUT2D eigenvalue weighted by atomic mass is 35.5. The van der Waals surface area contributed by atoms with E-state index >= 15 is 0 Å². The van der Waals surface area contributed by atoms with Gasteiger partial charge in [-0.1, -0.05) is 0 Å². The number of halogens is 2. The lowest BCUT2D eigenvalue weighted by atomic mass is 10.1. The van der Waals surface area contributed by atoms with Gasteiger partial charge in [0.05, 0.1) is 0 Å². The zero-order valence-electron chi connectivity index (χ0n) is 10.9. The minimum atomic E-state index is -0.328. The van der Waals surface area contributed by atoms with Crippen molar-refractivity contribution in [2.24, 2.45) is 5.92 Å². The van der Waals surface area contributed by atoms with E-state index in [0.29, 0.717) is 25.2 Å². The molecule has 1 aliphatic heterocycles. The van der Waals surface area contributed by atoms with Crippen molar-refractivity contribution in [3.8, 4) is 0 Å². The first kappa shape index (κ1) is 14.8. The van der Waals surface area contributed by atoms with Crippen LogP contribution in [0.4, 0.5) is 10.1 Å². The van der Waals surface area contributed by atoms with Crippen molar-refractivity contribution in [2.45, 2.75) is 12.8 Å². The van der Waals surface area contributed by atoms with Crippen molar-refractivity contribution in [3.63, 3.8) is 0 Å². The number of hydrogen-bond acceptors (Lipinski definition) is 2. The van der Waals surface area contributed by atoms with Gasteiger partial charge in [0, 0.05) is 43.4 Å². The van der Waals surface area contributed by atoms with Gasteiger partial charge in [-0.3, -0.25) is 9.59 Å². The smallest absolute Gasteiger partial charge is 0.227 e. The van der Waals surface area contributed by atoms with Crippen LogP contribution in [0.2, 0.25) is 0 Å². The number of benzene rings is 1. The molecule has 20 heavy (non-hydrogen) atoms. The highest BCUT2D eigenvalue weighted by molar-refractivity contribution is 6.18. The maximum atomic E-state index is 12.9. The molecule has 6 heteroatoms. The van der Waals surface area contributed by atoms with Gasteiger partial charge in [0.25, 0.3) is 0 Å². The molecule has 0 radical (unpaired) electrons. The molecule has 1 heterocycles. The van der Waals surface area contributed by atoms with E-state index in [9.17, 15) is 14.0 Å². The summed E-state index contributed by atoms with van der Waals surface area (Å²) >= 11 is 5.48. The number of carbonyl (C=O) groups is 2. The molecule has 1 saturated heterocycles. The molecule has 1 unspecified atom stereocenters. The molecule has 108 valence electrons. The van der Waals surface area contributed by atoms with E-state index in [4.69, 9.17) is 11.6 Å². The molecule has 0 saturated carbocycles. The molecule has 0 aromatic heterocycles. The van der Waals surface area contributed by atoms with Crippen LogP contribution in [-0.4, -0.2) is 30.8 Å². The van der Waals surface area contributed by atoms with E-state index in [1.807, 2.05) is 0 Å². The molecule has 1 fully saturated rings. The summed E-state index contributed by atoms with van der Waals surface area (Å²) in [6.45, 7) is 0.991. The van der Waals surface area contributed by atoms with Gasteiger partial charge in [-0.15, -0.1) is 11.6 Å². The van der Waals surface area contributed by atoms with Crippen LogP contribution in [-0.2, 0) is 9.59 Å². The zero-order chi connectivity index (χ0) is 14.5. The summed E-state index contributed by atoms with van der Waals surface area (Å²) in [6, 6.07) is 5.83. The lowest BCUT2D eigenvalue weighted by Crippen LogP contribution is -2.31. The molecular weight excluding hydrogens is 283 g/mol. The van der Waals surface area contributed by atoms with Gasteiger partial charge in [-0.05, 0) is 24.3 Å². The van der Waals surface area contributed by atoms with E-state index in [-0.39, 0.29) is 35.9 Å². The van der Waals surface area contributed by atoms with Gasteiger partial charge < -0.3 is 10.2 Å². The largest absolute Gasteiger partial charge is 0.356 e. The fraction of sp³-hybridized carbons (Fsp3) is 0.429. The molecule has 1 aromatic carbocycles. The molecule has 2 rings (SSSR count). The number of anilines is 1. The SMILES string of the molecule is O=C(CCCl)NCC1CC(=O)N(c2ccc(F)cc2)C1. The summed E-state index contributed by atoms with van der Waals surface area (Å²) < 4.78 is 12.9. The first-order chi connectivity index (χ1) is 9.60. The van der Waals surface area contributed by atoms with Crippen LogP contribution in [0.25, 0.3) is 0 Å². The van der Waals surface area contributed by atoms with Gasteiger partial charge >= 0.3 is 0 Å². The second-order valence-corrected chi connectivity index (χ2v) is 5.17. The van der Waals surface area contributed by atoms with Gasteiger partial charge in [0.2, 0.25) is 11.8 Å². The van der Waals surface area contributed by atoms with Gasteiger partial charge in [-0.2, -0.15) is 0 Å². The number of rotatable bonds is 5. The molecule has 1 aromatic rings. The van der Waals surface area contributed by atoms with Crippen LogP contribution < -0.4 is 10.2 Å². The Bertz CT molecular complexity index is 492. The Labute approximate surface area is 121 Å². The summed E-state index contributed by atoms with van der Waals surface area (Å²) in [5.41, 5.74) is 0.686. The average molecular weight is 299 g/mol. The molecule has 0 spiro atoms. The number of carbonyl (C=O) groups excluding carboxylic acids is 2. The number of nitrogens with one attached hydrogen (secondary N) is 1. The summed E-state index contributed by atoms with van der Waals surface area (Å²) in [4.78, 5) is 24.9. The molecule has 1 N–H and O–H groups in total. The molecule has 1 atom stereocenters. The average Bonchev–Trinajstić information content (AvgIpc) is 2.79. The predicted molar refractivity (Wildman–Crippen MR) is 75.2 cm³/mol. The third-order valence-electron chi connectivity index (χ3n) is 3.25. The molecule has 0 bridgehead atoms. The van der Waals surface area contributed by atoms with E-state index in [2.05, 4.69) is 5.32 Å². The summed E-state index contributed by atoms with van der Waals surface area (Å²) in [5.74, 6) is -0.0741. The summed E-state index contributed by atoms with van der Waals surface area (Å²) in [5, 5.41) is 2.76. The van der Waals surface area contributed by atoms with Gasteiger partial charge in [0.1, 0.15) is 5.82 Å². The molecule has 2 amide bonds. The van der Waals surface area contributed by atoms with Crippen molar-refractivity contribution in [2.75, 3.05) is 23.9 Å². The standard InChI is InChI=1S/C14H16ClFN2O2/c15-6-5-13(19)17-8-10-7-14(20)18(9-10)12-3-1-11(16)2-4-12/h1-4,10H,5-9H2,(H,17,19). The van der Waals surface area contributed by atoms with E-state index in [1.165, 1.54) is 12.1 Å². The van der Waals surface area contributed by atoms with Crippen LogP contribution in [0.15, 0.2) is 24.3 Å². The summed E-state index contributed by atoms with van der Waals surface area (Å²) in [7, 11) is 0. The number of hydrogen-bond donors (Lipinski definition) is 1. The maximum absolute atomic E-state index is 12.9. The van der Waals surface area contributed by atoms with Crippen molar-refractivity contribution >= 4 is 29.1 Å².